The van der Waals surface area contributed by atoms with E-state index in [1.165, 1.54) is 19.2 Å². The number of halogens is 2. The van der Waals surface area contributed by atoms with Crippen molar-refractivity contribution >= 4 is 11.9 Å². The fourth-order valence-corrected chi connectivity index (χ4v) is 3.37. The molecule has 1 aromatic carbocycles. The van der Waals surface area contributed by atoms with Gasteiger partial charge in [0.25, 0.3) is 0 Å². The Balaban J connectivity index is 3.36. The molecule has 3 N–H and O–H groups in total. The molecular formula is C26H42F2N2O6. The van der Waals surface area contributed by atoms with E-state index in [0.29, 0.717) is 12.4 Å². The maximum atomic E-state index is 15.9. The van der Waals surface area contributed by atoms with Gasteiger partial charge < -0.3 is 24.6 Å². The molecule has 0 aromatic heterocycles. The van der Waals surface area contributed by atoms with Crippen LogP contribution in [0.4, 0.5) is 13.6 Å². The summed E-state index contributed by atoms with van der Waals surface area (Å²) in [6, 6.07) is 2.01. The van der Waals surface area contributed by atoms with Crippen LogP contribution in [0.2, 0.25) is 0 Å². The zero-order valence-electron chi connectivity index (χ0n) is 22.4. The number of alkyl halides is 2. The molecule has 0 aliphatic carbocycles. The number of methoxy groups -OCH3 is 1. The molecule has 0 aliphatic rings. The fourth-order valence-electron chi connectivity index (χ4n) is 3.37. The number of aliphatic hydroxyl groups is 1. The van der Waals surface area contributed by atoms with E-state index in [4.69, 9.17) is 14.2 Å². The smallest absolute Gasteiger partial charge is 0.408 e. The molecule has 8 nitrogen and oxygen atoms in total. The van der Waals surface area contributed by atoms with Crippen LogP contribution in [0.1, 0.15) is 66.0 Å². The molecule has 2 unspecified atom stereocenters. The van der Waals surface area contributed by atoms with Crippen LogP contribution in [0.25, 0.3) is 0 Å². The number of amides is 1. The van der Waals surface area contributed by atoms with Gasteiger partial charge >= 0.3 is 12.0 Å². The van der Waals surface area contributed by atoms with E-state index in [1.54, 1.807) is 32.9 Å². The minimum Gasteiger partial charge on any atom is -0.494 e. The van der Waals surface area contributed by atoms with Crippen LogP contribution >= 0.6 is 0 Å². The first-order valence-corrected chi connectivity index (χ1v) is 12.3. The second-order valence-electron chi connectivity index (χ2n) is 10.0. The number of rotatable bonds is 15. The number of benzene rings is 1. The summed E-state index contributed by atoms with van der Waals surface area (Å²) in [6.45, 7) is 10.0. The second kappa shape index (κ2) is 14.4. The van der Waals surface area contributed by atoms with E-state index < -0.39 is 48.1 Å². The third kappa shape index (κ3) is 9.99. The third-order valence-electron chi connectivity index (χ3n) is 5.37. The van der Waals surface area contributed by atoms with E-state index in [1.807, 2.05) is 20.8 Å². The van der Waals surface area contributed by atoms with E-state index in [0.717, 1.165) is 12.8 Å². The summed E-state index contributed by atoms with van der Waals surface area (Å²) >= 11 is 0. The highest BCUT2D eigenvalue weighted by atomic mass is 19.3. The summed E-state index contributed by atoms with van der Waals surface area (Å²) in [5.74, 6) is -5.37. The monoisotopic (exact) mass is 516 g/mol. The van der Waals surface area contributed by atoms with Gasteiger partial charge in [-0.1, -0.05) is 39.3 Å². The van der Waals surface area contributed by atoms with Gasteiger partial charge in [0.15, 0.2) is 0 Å². The maximum absolute atomic E-state index is 15.9. The number of unbranched alkanes of at least 4 members (excludes halogenated alkanes) is 1. The Hall–Kier alpha value is -2.30. The minimum atomic E-state index is -4.02. The zero-order valence-corrected chi connectivity index (χ0v) is 22.4. The molecule has 0 heterocycles. The second-order valence-corrected chi connectivity index (χ2v) is 10.0. The predicted octanol–water partition coefficient (Wildman–Crippen LogP) is 4.26. The van der Waals surface area contributed by atoms with Gasteiger partial charge in [-0.2, -0.15) is 8.78 Å². The minimum absolute atomic E-state index is 0.101. The number of ether oxygens (including phenoxy) is 3. The molecule has 206 valence electrons. The van der Waals surface area contributed by atoms with Crippen LogP contribution < -0.4 is 15.4 Å². The Kier molecular flexibility index (Phi) is 12.7. The van der Waals surface area contributed by atoms with Gasteiger partial charge in [-0.05, 0) is 50.8 Å². The van der Waals surface area contributed by atoms with Crippen LogP contribution in [0.15, 0.2) is 24.3 Å². The Labute approximate surface area is 213 Å². The van der Waals surface area contributed by atoms with Crippen molar-refractivity contribution in [3.05, 3.63) is 29.8 Å². The number of ketones is 1. The number of Topliss-reactive ketones (excluding diaryl/α,β-unsaturated/α-hetero) is 1. The van der Waals surface area contributed by atoms with E-state index in [-0.39, 0.29) is 18.1 Å². The summed E-state index contributed by atoms with van der Waals surface area (Å²) in [6.07, 6.45) is 0.635. The topological polar surface area (TPSA) is 106 Å². The van der Waals surface area contributed by atoms with E-state index in [9.17, 15) is 14.7 Å². The van der Waals surface area contributed by atoms with Gasteiger partial charge in [-0.15, -0.1) is 0 Å². The van der Waals surface area contributed by atoms with Gasteiger partial charge in [-0.3, -0.25) is 10.1 Å². The first kappa shape index (κ1) is 31.7. The van der Waals surface area contributed by atoms with Crippen molar-refractivity contribution in [1.29, 1.82) is 0 Å². The number of carbonyl (C=O) groups is 2. The summed E-state index contributed by atoms with van der Waals surface area (Å²) < 4.78 is 47.7. The molecular weight excluding hydrogens is 474 g/mol. The summed E-state index contributed by atoms with van der Waals surface area (Å²) in [4.78, 5) is 25.2. The molecule has 1 rings (SSSR count). The molecule has 0 saturated carbocycles. The van der Waals surface area contributed by atoms with Crippen molar-refractivity contribution in [1.82, 2.24) is 10.6 Å². The highest BCUT2D eigenvalue weighted by Gasteiger charge is 2.51. The Bertz CT molecular complexity index is 829. The van der Waals surface area contributed by atoms with Gasteiger partial charge in [0.1, 0.15) is 23.4 Å². The molecule has 0 bridgehead atoms. The number of hydrogen-bond donors (Lipinski definition) is 3. The summed E-state index contributed by atoms with van der Waals surface area (Å²) in [5.41, 5.74) is -0.791. The molecule has 10 heteroatoms. The van der Waals surface area contributed by atoms with Crippen LogP contribution in [0, 0.1) is 5.92 Å². The van der Waals surface area contributed by atoms with E-state index >= 15 is 8.78 Å². The van der Waals surface area contributed by atoms with Crippen molar-refractivity contribution in [2.24, 2.45) is 5.92 Å². The van der Waals surface area contributed by atoms with Crippen molar-refractivity contribution in [2.75, 3.05) is 26.9 Å². The molecule has 0 aliphatic heterocycles. The van der Waals surface area contributed by atoms with Crippen LogP contribution in [0.3, 0.4) is 0 Å². The Morgan fingerprint density at radius 3 is 2.36 bits per heavy atom. The molecule has 36 heavy (non-hydrogen) atoms. The highest BCUT2D eigenvalue weighted by molar-refractivity contribution is 5.93. The summed E-state index contributed by atoms with van der Waals surface area (Å²) in [5, 5.41) is 14.6. The van der Waals surface area contributed by atoms with Gasteiger partial charge in [0.05, 0.1) is 19.8 Å². The highest BCUT2D eigenvalue weighted by Crippen LogP contribution is 2.36. The number of aliphatic hydroxyl groups excluding tert-OH is 1. The lowest BCUT2D eigenvalue weighted by Gasteiger charge is -2.34. The number of nitrogens with one attached hydrogen (secondary N) is 2. The SMILES string of the molecule is CCCCOc1cccc(C(N[C@@H](COC)C(C)C)C(F)(F)C(=O)C(CO)NC(=O)OC(C)(C)C)c1. The molecule has 0 fully saturated rings. The molecule has 3 atom stereocenters. The van der Waals surface area contributed by atoms with Crippen LogP contribution in [0.5, 0.6) is 5.75 Å². The summed E-state index contributed by atoms with van der Waals surface area (Å²) in [7, 11) is 1.46. The number of hydrogen-bond acceptors (Lipinski definition) is 7. The fraction of sp³-hybridized carbons (Fsp3) is 0.692. The molecule has 0 spiro atoms. The van der Waals surface area contributed by atoms with Crippen molar-refractivity contribution in [3.63, 3.8) is 0 Å². The first-order valence-electron chi connectivity index (χ1n) is 12.3. The van der Waals surface area contributed by atoms with Gasteiger partial charge in [-0.25, -0.2) is 4.79 Å². The van der Waals surface area contributed by atoms with Crippen molar-refractivity contribution in [3.8, 4) is 5.75 Å². The van der Waals surface area contributed by atoms with Gasteiger partial charge in [0, 0.05) is 13.2 Å². The van der Waals surface area contributed by atoms with Gasteiger partial charge in [0.2, 0.25) is 5.78 Å². The third-order valence-corrected chi connectivity index (χ3v) is 5.37. The van der Waals surface area contributed by atoms with Crippen LogP contribution in [-0.4, -0.2) is 67.5 Å². The zero-order chi connectivity index (χ0) is 27.5. The Morgan fingerprint density at radius 2 is 1.83 bits per heavy atom. The first-order chi connectivity index (χ1) is 16.8. The lowest BCUT2D eigenvalue weighted by atomic mass is 9.92. The largest absolute Gasteiger partial charge is 0.494 e. The Morgan fingerprint density at radius 1 is 1.17 bits per heavy atom. The quantitative estimate of drug-likeness (QED) is 0.299. The van der Waals surface area contributed by atoms with E-state index in [2.05, 4.69) is 10.6 Å². The average Bonchev–Trinajstić information content (AvgIpc) is 2.78. The molecule has 1 aromatic rings. The lowest BCUT2D eigenvalue weighted by molar-refractivity contribution is -0.152. The standard InChI is InChI=1S/C26H42F2N2O6/c1-8-9-13-35-19-12-10-11-18(14-19)22(29-21(16-34-7)17(2)3)26(27,28)23(32)20(15-31)30-24(33)36-25(4,5)6/h10-12,14,17,20-22,29,31H,8-9,13,15-16H2,1-7H3,(H,30,33)/t20?,21-,22?/m0/s1. The molecule has 0 radical (unpaired) electrons. The number of alkyl carbamates (subject to hydrolysis) is 1. The van der Waals surface area contributed by atoms with Crippen molar-refractivity contribution in [2.45, 2.75) is 84.0 Å². The maximum Gasteiger partial charge on any atom is 0.408 e. The normalized spacial score (nSPS) is 14.8. The molecule has 0 saturated heterocycles. The van der Waals surface area contributed by atoms with Crippen LogP contribution in [-0.2, 0) is 14.3 Å². The molecule has 1 amide bonds. The number of carbonyl (C=O) groups excluding carboxylic acids is 2. The van der Waals surface area contributed by atoms with Crippen molar-refractivity contribution < 1.29 is 37.7 Å². The average molecular weight is 517 g/mol. The predicted molar refractivity (Wildman–Crippen MR) is 133 cm³/mol. The lowest BCUT2D eigenvalue weighted by Crippen LogP contribution is -2.56.